The second-order valence-electron chi connectivity index (χ2n) is 6.22. The molecular weight excluding hydrogens is 322 g/mol. The Morgan fingerprint density at radius 3 is 2.48 bits per heavy atom. The van der Waals surface area contributed by atoms with Crippen LogP contribution in [0.25, 0.3) is 6.08 Å². The standard InChI is InChI=1S/C19H25NOS2/c1-4-5-6-7-12-20-18(21)17(23-19(20)22)13-15-8-10-16(11-9-15)14(2)3/h8-11,13-14H,4-7,12H2,1-3H3/b17-13-. The SMILES string of the molecule is CCCCCCN1C(=O)/C(=C/c2ccc(C(C)C)cc2)SC1=S. The van der Waals surface area contributed by atoms with Gasteiger partial charge in [-0.2, -0.15) is 0 Å². The van der Waals surface area contributed by atoms with Crippen molar-refractivity contribution in [3.05, 3.63) is 40.3 Å². The molecule has 0 saturated carbocycles. The molecule has 0 spiro atoms. The predicted molar refractivity (Wildman–Crippen MR) is 105 cm³/mol. The van der Waals surface area contributed by atoms with Gasteiger partial charge in [-0.15, -0.1) is 0 Å². The molecule has 0 aliphatic carbocycles. The van der Waals surface area contributed by atoms with Crippen LogP contribution in [0.15, 0.2) is 29.2 Å². The van der Waals surface area contributed by atoms with Gasteiger partial charge in [0.1, 0.15) is 4.32 Å². The maximum atomic E-state index is 12.5. The van der Waals surface area contributed by atoms with E-state index in [2.05, 4.69) is 45.0 Å². The van der Waals surface area contributed by atoms with Crippen molar-refractivity contribution < 1.29 is 4.79 Å². The van der Waals surface area contributed by atoms with Crippen LogP contribution < -0.4 is 0 Å². The van der Waals surface area contributed by atoms with E-state index in [-0.39, 0.29) is 5.91 Å². The summed E-state index contributed by atoms with van der Waals surface area (Å²) in [4.78, 5) is 15.0. The second-order valence-corrected chi connectivity index (χ2v) is 7.89. The minimum atomic E-state index is 0.0597. The number of thioether (sulfide) groups is 1. The predicted octanol–water partition coefficient (Wildman–Crippen LogP) is 5.59. The van der Waals surface area contributed by atoms with Crippen molar-refractivity contribution in [2.45, 2.75) is 52.4 Å². The van der Waals surface area contributed by atoms with E-state index in [0.717, 1.165) is 29.9 Å². The molecule has 0 unspecified atom stereocenters. The molecule has 2 rings (SSSR count). The molecule has 1 amide bonds. The van der Waals surface area contributed by atoms with Gasteiger partial charge in [0.05, 0.1) is 4.91 Å². The van der Waals surface area contributed by atoms with E-state index >= 15 is 0 Å². The summed E-state index contributed by atoms with van der Waals surface area (Å²) in [6.45, 7) is 7.29. The minimum Gasteiger partial charge on any atom is -0.293 e. The van der Waals surface area contributed by atoms with Crippen molar-refractivity contribution in [3.63, 3.8) is 0 Å². The monoisotopic (exact) mass is 347 g/mol. The Hall–Kier alpha value is -1.13. The minimum absolute atomic E-state index is 0.0597. The fraction of sp³-hybridized carbons (Fsp3) is 0.474. The highest BCUT2D eigenvalue weighted by Crippen LogP contribution is 2.33. The molecule has 1 aliphatic rings. The first-order valence-electron chi connectivity index (χ1n) is 8.38. The Balaban J connectivity index is 2.03. The smallest absolute Gasteiger partial charge is 0.266 e. The van der Waals surface area contributed by atoms with Crippen LogP contribution in [-0.4, -0.2) is 21.7 Å². The van der Waals surface area contributed by atoms with Crippen LogP contribution in [0.2, 0.25) is 0 Å². The van der Waals surface area contributed by atoms with Crippen LogP contribution in [0.3, 0.4) is 0 Å². The normalized spacial score (nSPS) is 16.9. The van der Waals surface area contributed by atoms with E-state index in [9.17, 15) is 4.79 Å². The third-order valence-corrected chi connectivity index (χ3v) is 5.39. The lowest BCUT2D eigenvalue weighted by Gasteiger charge is -2.13. The van der Waals surface area contributed by atoms with Gasteiger partial charge in [-0.1, -0.05) is 88.3 Å². The van der Waals surface area contributed by atoms with Crippen molar-refractivity contribution in [2.75, 3.05) is 6.54 Å². The van der Waals surface area contributed by atoms with E-state index < -0.39 is 0 Å². The first kappa shape index (κ1) is 18.2. The molecule has 1 heterocycles. The highest BCUT2D eigenvalue weighted by atomic mass is 32.2. The summed E-state index contributed by atoms with van der Waals surface area (Å²) in [5.41, 5.74) is 2.37. The van der Waals surface area contributed by atoms with Crippen molar-refractivity contribution in [3.8, 4) is 0 Å². The average molecular weight is 348 g/mol. The Morgan fingerprint density at radius 2 is 1.87 bits per heavy atom. The molecular formula is C19H25NOS2. The summed E-state index contributed by atoms with van der Waals surface area (Å²) in [5, 5.41) is 0. The van der Waals surface area contributed by atoms with Gasteiger partial charge in [0.25, 0.3) is 5.91 Å². The van der Waals surface area contributed by atoms with Gasteiger partial charge < -0.3 is 0 Å². The zero-order chi connectivity index (χ0) is 16.8. The van der Waals surface area contributed by atoms with Gasteiger partial charge in [0, 0.05) is 6.54 Å². The first-order chi connectivity index (χ1) is 11.0. The maximum absolute atomic E-state index is 12.5. The molecule has 0 N–H and O–H groups in total. The number of hydrogen-bond donors (Lipinski definition) is 0. The summed E-state index contributed by atoms with van der Waals surface area (Å²) in [6.07, 6.45) is 6.55. The van der Waals surface area contributed by atoms with Gasteiger partial charge in [-0.05, 0) is 29.5 Å². The Morgan fingerprint density at radius 1 is 1.17 bits per heavy atom. The Bertz CT molecular complexity index is 590. The molecule has 2 nitrogen and oxygen atoms in total. The molecule has 1 fully saturated rings. The van der Waals surface area contributed by atoms with Crippen LogP contribution in [0.4, 0.5) is 0 Å². The van der Waals surface area contributed by atoms with E-state index in [0.29, 0.717) is 10.2 Å². The van der Waals surface area contributed by atoms with E-state index in [1.54, 1.807) is 4.90 Å². The zero-order valence-electron chi connectivity index (χ0n) is 14.2. The molecule has 4 heteroatoms. The molecule has 1 saturated heterocycles. The zero-order valence-corrected chi connectivity index (χ0v) is 15.8. The number of benzene rings is 1. The van der Waals surface area contributed by atoms with Crippen molar-refractivity contribution >= 4 is 40.3 Å². The lowest BCUT2D eigenvalue weighted by atomic mass is 10.0. The summed E-state index contributed by atoms with van der Waals surface area (Å²) in [5.74, 6) is 0.579. The third kappa shape index (κ3) is 4.92. The quantitative estimate of drug-likeness (QED) is 0.364. The Kier molecular flexibility index (Phi) is 6.85. The highest BCUT2D eigenvalue weighted by Gasteiger charge is 2.31. The first-order valence-corrected chi connectivity index (χ1v) is 9.60. The van der Waals surface area contributed by atoms with E-state index in [4.69, 9.17) is 12.2 Å². The second kappa shape index (κ2) is 8.65. The van der Waals surface area contributed by atoms with Crippen LogP contribution in [-0.2, 0) is 4.79 Å². The Labute approximate surface area is 149 Å². The number of amides is 1. The molecule has 0 atom stereocenters. The maximum Gasteiger partial charge on any atom is 0.266 e. The summed E-state index contributed by atoms with van der Waals surface area (Å²) in [6, 6.07) is 8.40. The summed E-state index contributed by atoms with van der Waals surface area (Å²) >= 11 is 6.79. The van der Waals surface area contributed by atoms with E-state index in [1.165, 1.54) is 30.2 Å². The van der Waals surface area contributed by atoms with Crippen LogP contribution in [0.5, 0.6) is 0 Å². The van der Waals surface area contributed by atoms with E-state index in [1.807, 2.05) is 6.08 Å². The van der Waals surface area contributed by atoms with Crippen molar-refractivity contribution in [1.82, 2.24) is 4.90 Å². The van der Waals surface area contributed by atoms with Crippen molar-refractivity contribution in [2.24, 2.45) is 0 Å². The molecule has 1 aliphatic heterocycles. The fourth-order valence-corrected chi connectivity index (χ4v) is 3.83. The molecule has 1 aromatic carbocycles. The molecule has 23 heavy (non-hydrogen) atoms. The topological polar surface area (TPSA) is 20.3 Å². The van der Waals surface area contributed by atoms with Crippen LogP contribution in [0, 0.1) is 0 Å². The lowest BCUT2D eigenvalue weighted by Crippen LogP contribution is -2.28. The largest absolute Gasteiger partial charge is 0.293 e. The highest BCUT2D eigenvalue weighted by molar-refractivity contribution is 8.26. The lowest BCUT2D eigenvalue weighted by molar-refractivity contribution is -0.122. The average Bonchev–Trinajstić information content (AvgIpc) is 2.79. The molecule has 124 valence electrons. The van der Waals surface area contributed by atoms with Gasteiger partial charge in [-0.25, -0.2) is 0 Å². The third-order valence-electron chi connectivity index (χ3n) is 4.01. The number of hydrogen-bond acceptors (Lipinski definition) is 3. The number of carbonyl (C=O) groups excluding carboxylic acids is 1. The van der Waals surface area contributed by atoms with Gasteiger partial charge in [0.15, 0.2) is 0 Å². The number of unbranched alkanes of at least 4 members (excludes halogenated alkanes) is 3. The molecule has 0 radical (unpaired) electrons. The van der Waals surface area contributed by atoms with Gasteiger partial charge in [-0.3, -0.25) is 9.69 Å². The summed E-state index contributed by atoms with van der Waals surface area (Å²) < 4.78 is 0.691. The molecule has 1 aromatic rings. The summed E-state index contributed by atoms with van der Waals surface area (Å²) in [7, 11) is 0. The number of rotatable bonds is 7. The molecule has 0 bridgehead atoms. The number of carbonyl (C=O) groups is 1. The van der Waals surface area contributed by atoms with Crippen molar-refractivity contribution in [1.29, 1.82) is 0 Å². The van der Waals surface area contributed by atoms with Gasteiger partial charge in [0.2, 0.25) is 0 Å². The van der Waals surface area contributed by atoms with Gasteiger partial charge >= 0.3 is 0 Å². The van der Waals surface area contributed by atoms with Crippen LogP contribution in [0.1, 0.15) is 63.5 Å². The fourth-order valence-electron chi connectivity index (χ4n) is 2.52. The number of nitrogens with zero attached hydrogens (tertiary/aromatic N) is 1. The molecule has 0 aromatic heterocycles. The number of thiocarbonyl (C=S) groups is 1. The van der Waals surface area contributed by atoms with Crippen LogP contribution >= 0.6 is 24.0 Å².